The van der Waals surface area contributed by atoms with Crippen molar-refractivity contribution in [2.24, 2.45) is 7.05 Å². The van der Waals surface area contributed by atoms with Crippen LogP contribution in [0.4, 0.5) is 4.39 Å². The Labute approximate surface area is 169 Å². The van der Waals surface area contributed by atoms with Crippen molar-refractivity contribution < 1.29 is 9.18 Å². The van der Waals surface area contributed by atoms with E-state index in [-0.39, 0.29) is 23.7 Å². The largest absolute Gasteiger partial charge is 0.336 e. The van der Waals surface area contributed by atoms with Gasteiger partial charge in [-0.1, -0.05) is 6.58 Å². The molecule has 1 aliphatic heterocycles. The van der Waals surface area contributed by atoms with Crippen molar-refractivity contribution in [1.82, 2.24) is 19.7 Å². The average Bonchev–Trinajstić information content (AvgIpc) is 3.33. The van der Waals surface area contributed by atoms with Crippen LogP contribution in [0.15, 0.2) is 61.4 Å². The summed E-state index contributed by atoms with van der Waals surface area (Å²) in [6.45, 7) is 6.30. The Morgan fingerprint density at radius 3 is 2.66 bits per heavy atom. The van der Waals surface area contributed by atoms with Gasteiger partial charge in [-0.25, -0.2) is 4.39 Å². The number of benzene rings is 1. The maximum atomic E-state index is 13.3. The Hall–Kier alpha value is -3.28. The number of carbonyl (C=O) groups is 1. The molecule has 0 spiro atoms. The van der Waals surface area contributed by atoms with E-state index in [1.165, 1.54) is 18.2 Å². The number of pyridine rings is 1. The third-order valence-corrected chi connectivity index (χ3v) is 5.54. The van der Waals surface area contributed by atoms with Crippen LogP contribution in [0.3, 0.4) is 0 Å². The summed E-state index contributed by atoms with van der Waals surface area (Å²) in [7, 11) is 1.88. The van der Waals surface area contributed by atoms with Gasteiger partial charge < -0.3 is 4.90 Å². The molecule has 5 nitrogen and oxygen atoms in total. The minimum Gasteiger partial charge on any atom is -0.336 e. The number of likely N-dealkylation sites (tertiary alicyclic amines) is 1. The van der Waals surface area contributed by atoms with Gasteiger partial charge in [0, 0.05) is 49.1 Å². The first-order valence-electron chi connectivity index (χ1n) is 9.65. The van der Waals surface area contributed by atoms with Crippen molar-refractivity contribution in [2.45, 2.75) is 25.3 Å². The molecule has 0 saturated carbocycles. The van der Waals surface area contributed by atoms with Crippen LogP contribution >= 0.6 is 0 Å². The predicted molar refractivity (Wildman–Crippen MR) is 111 cm³/mol. The SMILES string of the molecule is C=CC(=O)N1CC(c2cnc(-c3ccc(F)cc3)cc2-c2ccn(C)n2)CC1C. The minimum atomic E-state index is -0.276. The van der Waals surface area contributed by atoms with Crippen molar-refractivity contribution >= 4 is 5.91 Å². The third-order valence-electron chi connectivity index (χ3n) is 5.54. The van der Waals surface area contributed by atoms with Crippen molar-refractivity contribution in [1.29, 1.82) is 0 Å². The van der Waals surface area contributed by atoms with E-state index in [4.69, 9.17) is 0 Å². The fraction of sp³-hybridized carbons (Fsp3) is 0.261. The predicted octanol–water partition coefficient (Wildman–Crippen LogP) is 4.18. The molecule has 148 valence electrons. The van der Waals surface area contributed by atoms with Gasteiger partial charge in [0.15, 0.2) is 0 Å². The molecule has 2 atom stereocenters. The number of hydrogen-bond acceptors (Lipinski definition) is 3. The van der Waals surface area contributed by atoms with E-state index >= 15 is 0 Å². The topological polar surface area (TPSA) is 51.0 Å². The van der Waals surface area contributed by atoms with E-state index < -0.39 is 0 Å². The molecule has 6 heteroatoms. The number of amides is 1. The van der Waals surface area contributed by atoms with Gasteiger partial charge in [-0.3, -0.25) is 14.5 Å². The lowest BCUT2D eigenvalue weighted by Crippen LogP contribution is -2.32. The lowest BCUT2D eigenvalue weighted by molar-refractivity contribution is -0.126. The Balaban J connectivity index is 1.76. The van der Waals surface area contributed by atoms with Gasteiger partial charge in [0.05, 0.1) is 11.4 Å². The number of aryl methyl sites for hydroxylation is 1. The number of carbonyl (C=O) groups excluding carboxylic acids is 1. The van der Waals surface area contributed by atoms with E-state index in [1.807, 2.05) is 36.5 Å². The maximum absolute atomic E-state index is 13.3. The standard InChI is InChI=1S/C23H23FN4O/c1-4-23(29)28-14-17(11-15(28)2)20-13-25-22(16-5-7-18(24)8-6-16)12-19(20)21-9-10-27(3)26-21/h4-10,12-13,15,17H,1,11,14H2,2-3H3. The number of rotatable bonds is 4. The molecule has 29 heavy (non-hydrogen) atoms. The van der Waals surface area contributed by atoms with Gasteiger partial charge in [-0.15, -0.1) is 0 Å². The van der Waals surface area contributed by atoms with Crippen molar-refractivity contribution in [3.8, 4) is 22.5 Å². The summed E-state index contributed by atoms with van der Waals surface area (Å²) in [5, 5.41) is 4.58. The molecule has 2 aromatic heterocycles. The first-order chi connectivity index (χ1) is 14.0. The smallest absolute Gasteiger partial charge is 0.246 e. The zero-order valence-corrected chi connectivity index (χ0v) is 16.5. The van der Waals surface area contributed by atoms with Crippen LogP contribution in [0.25, 0.3) is 22.5 Å². The normalized spacial score (nSPS) is 18.8. The van der Waals surface area contributed by atoms with Gasteiger partial charge in [-0.2, -0.15) is 5.10 Å². The van der Waals surface area contributed by atoms with Gasteiger partial charge in [0.2, 0.25) is 5.91 Å². The molecule has 0 aliphatic carbocycles. The molecule has 1 saturated heterocycles. The lowest BCUT2D eigenvalue weighted by Gasteiger charge is -2.19. The highest BCUT2D eigenvalue weighted by atomic mass is 19.1. The summed E-state index contributed by atoms with van der Waals surface area (Å²) in [5.41, 5.74) is 4.53. The number of hydrogen-bond donors (Lipinski definition) is 0. The summed E-state index contributed by atoms with van der Waals surface area (Å²) in [5.74, 6) is -0.154. The Morgan fingerprint density at radius 2 is 2.00 bits per heavy atom. The van der Waals surface area contributed by atoms with Crippen LogP contribution in [0, 0.1) is 5.82 Å². The van der Waals surface area contributed by atoms with Crippen LogP contribution in [0.5, 0.6) is 0 Å². The summed E-state index contributed by atoms with van der Waals surface area (Å²) in [6.07, 6.45) is 6.01. The zero-order chi connectivity index (χ0) is 20.5. The van der Waals surface area contributed by atoms with Crippen molar-refractivity contribution in [3.05, 3.63) is 72.8 Å². The second kappa shape index (κ2) is 7.62. The molecule has 1 aromatic carbocycles. The van der Waals surface area contributed by atoms with E-state index in [9.17, 15) is 9.18 Å². The highest BCUT2D eigenvalue weighted by Crippen LogP contribution is 2.38. The van der Waals surface area contributed by atoms with Gasteiger partial charge in [-0.05, 0) is 61.4 Å². The van der Waals surface area contributed by atoms with Crippen LogP contribution < -0.4 is 0 Å². The van der Waals surface area contributed by atoms with Crippen molar-refractivity contribution in [2.75, 3.05) is 6.54 Å². The fourth-order valence-electron chi connectivity index (χ4n) is 4.03. The molecule has 0 radical (unpaired) electrons. The first-order valence-corrected chi connectivity index (χ1v) is 9.65. The van der Waals surface area contributed by atoms with Crippen LogP contribution in [-0.4, -0.2) is 38.2 Å². The van der Waals surface area contributed by atoms with Gasteiger partial charge in [0.25, 0.3) is 0 Å². The van der Waals surface area contributed by atoms with E-state index in [2.05, 4.69) is 23.6 Å². The third kappa shape index (κ3) is 3.70. The maximum Gasteiger partial charge on any atom is 0.246 e. The molecule has 1 aliphatic rings. The number of nitrogens with zero attached hydrogens (tertiary/aromatic N) is 4. The number of halogens is 1. The Bertz CT molecular complexity index is 1060. The summed E-state index contributed by atoms with van der Waals surface area (Å²) in [4.78, 5) is 18.7. The molecule has 1 amide bonds. The lowest BCUT2D eigenvalue weighted by atomic mass is 9.91. The monoisotopic (exact) mass is 390 g/mol. The molecule has 0 bridgehead atoms. The Morgan fingerprint density at radius 1 is 1.24 bits per heavy atom. The van der Waals surface area contributed by atoms with Gasteiger partial charge in [0.1, 0.15) is 5.82 Å². The van der Waals surface area contributed by atoms with E-state index in [0.29, 0.717) is 6.54 Å². The molecule has 4 rings (SSSR count). The second-order valence-corrected chi connectivity index (χ2v) is 7.51. The Kier molecular flexibility index (Phi) is 5.01. The summed E-state index contributed by atoms with van der Waals surface area (Å²) < 4.78 is 15.1. The highest BCUT2D eigenvalue weighted by Gasteiger charge is 2.34. The van der Waals surface area contributed by atoms with E-state index in [1.54, 1.807) is 16.8 Å². The van der Waals surface area contributed by atoms with Crippen molar-refractivity contribution in [3.63, 3.8) is 0 Å². The molecular weight excluding hydrogens is 367 g/mol. The zero-order valence-electron chi connectivity index (χ0n) is 16.5. The quantitative estimate of drug-likeness (QED) is 0.628. The molecule has 1 fully saturated rings. The molecule has 2 unspecified atom stereocenters. The molecule has 3 heterocycles. The minimum absolute atomic E-state index is 0.0460. The molecule has 0 N–H and O–H groups in total. The van der Waals surface area contributed by atoms with Crippen LogP contribution in [-0.2, 0) is 11.8 Å². The number of aromatic nitrogens is 3. The molecular formula is C23H23FN4O. The molecule has 3 aromatic rings. The first kappa shape index (κ1) is 19.1. The highest BCUT2D eigenvalue weighted by molar-refractivity contribution is 5.87. The summed E-state index contributed by atoms with van der Waals surface area (Å²) >= 11 is 0. The van der Waals surface area contributed by atoms with Crippen LogP contribution in [0.1, 0.15) is 24.8 Å². The average molecular weight is 390 g/mol. The fourth-order valence-corrected chi connectivity index (χ4v) is 4.03. The second-order valence-electron chi connectivity index (χ2n) is 7.51. The van der Waals surface area contributed by atoms with E-state index in [0.717, 1.165) is 34.5 Å². The summed E-state index contributed by atoms with van der Waals surface area (Å²) in [6, 6.07) is 10.4. The van der Waals surface area contributed by atoms with Crippen LogP contribution in [0.2, 0.25) is 0 Å². The van der Waals surface area contributed by atoms with Gasteiger partial charge >= 0.3 is 0 Å².